The molecular formula is C27H21FN2O5. The van der Waals surface area contributed by atoms with Crippen molar-refractivity contribution in [3.63, 3.8) is 0 Å². The molecule has 0 fully saturated rings. The molecule has 3 aromatic rings. The maximum Gasteiger partial charge on any atom is 0.407 e. The van der Waals surface area contributed by atoms with Gasteiger partial charge in [0.1, 0.15) is 18.5 Å². The largest absolute Gasteiger partial charge is 0.478 e. The van der Waals surface area contributed by atoms with Gasteiger partial charge in [-0.15, -0.1) is 12.3 Å². The van der Waals surface area contributed by atoms with Gasteiger partial charge in [0.05, 0.1) is 5.56 Å². The zero-order chi connectivity index (χ0) is 24.9. The lowest BCUT2D eigenvalue weighted by atomic mass is 9.98. The van der Waals surface area contributed by atoms with E-state index in [1.54, 1.807) is 0 Å². The van der Waals surface area contributed by atoms with Gasteiger partial charge in [-0.25, -0.2) is 14.0 Å². The number of nitrogens with one attached hydrogen (secondary N) is 2. The summed E-state index contributed by atoms with van der Waals surface area (Å²) in [7, 11) is 0. The van der Waals surface area contributed by atoms with Crippen LogP contribution in [0.25, 0.3) is 11.1 Å². The molecule has 0 saturated heterocycles. The van der Waals surface area contributed by atoms with Crippen LogP contribution in [0.15, 0.2) is 66.7 Å². The van der Waals surface area contributed by atoms with Crippen LogP contribution < -0.4 is 10.6 Å². The average molecular weight is 472 g/mol. The number of fused-ring (bicyclic) bond motifs is 3. The molecule has 0 heterocycles. The minimum absolute atomic E-state index is 0.0221. The van der Waals surface area contributed by atoms with Gasteiger partial charge in [0.2, 0.25) is 5.91 Å². The molecule has 176 valence electrons. The monoisotopic (exact) mass is 472 g/mol. The number of hydrogen-bond acceptors (Lipinski definition) is 4. The predicted octanol–water partition coefficient (Wildman–Crippen LogP) is 4.39. The van der Waals surface area contributed by atoms with Gasteiger partial charge in [0, 0.05) is 18.0 Å². The molecule has 0 aromatic heterocycles. The van der Waals surface area contributed by atoms with E-state index >= 15 is 0 Å². The molecule has 4 rings (SSSR count). The standard InChI is InChI=1S/C27H21FN2O5/c1-2-7-24(25(31)29-16-12-13-21(26(32)33)23(28)14-16)30-27(34)35-15-22-19-10-5-3-8-17(19)18-9-4-6-11-20(18)22/h1,3-6,8-14,22,24H,7,15H2,(H,29,31)(H,30,34)(H,32,33). The minimum atomic E-state index is -1.43. The lowest BCUT2D eigenvalue weighted by Gasteiger charge is -2.18. The summed E-state index contributed by atoms with van der Waals surface area (Å²) in [5.74, 6) is -0.964. The van der Waals surface area contributed by atoms with Gasteiger partial charge in [-0.3, -0.25) is 4.79 Å². The first-order valence-electron chi connectivity index (χ1n) is 10.8. The number of halogens is 1. The summed E-state index contributed by atoms with van der Waals surface area (Å²) in [5, 5.41) is 13.8. The van der Waals surface area contributed by atoms with E-state index < -0.39 is 35.4 Å². The van der Waals surface area contributed by atoms with Crippen LogP contribution in [-0.4, -0.2) is 35.7 Å². The Morgan fingerprint density at radius 2 is 1.66 bits per heavy atom. The van der Waals surface area contributed by atoms with Gasteiger partial charge in [0.15, 0.2) is 0 Å². The number of hydrogen-bond donors (Lipinski definition) is 3. The number of carbonyl (C=O) groups is 3. The molecule has 1 atom stereocenters. The molecule has 1 aliphatic rings. The van der Waals surface area contributed by atoms with Crippen LogP contribution in [0.3, 0.4) is 0 Å². The number of rotatable bonds is 7. The molecule has 1 aliphatic carbocycles. The summed E-state index contributed by atoms with van der Waals surface area (Å²) in [4.78, 5) is 36.1. The summed E-state index contributed by atoms with van der Waals surface area (Å²) in [5.41, 5.74) is 3.76. The highest BCUT2D eigenvalue weighted by Gasteiger charge is 2.29. The lowest BCUT2D eigenvalue weighted by molar-refractivity contribution is -0.118. The van der Waals surface area contributed by atoms with Crippen LogP contribution >= 0.6 is 0 Å². The Morgan fingerprint density at radius 3 is 2.23 bits per heavy atom. The summed E-state index contributed by atoms with van der Waals surface area (Å²) < 4.78 is 19.4. The molecule has 0 spiro atoms. The van der Waals surface area contributed by atoms with Crippen molar-refractivity contribution < 1.29 is 28.6 Å². The van der Waals surface area contributed by atoms with Crippen molar-refractivity contribution in [2.45, 2.75) is 18.4 Å². The van der Waals surface area contributed by atoms with Crippen molar-refractivity contribution in [1.29, 1.82) is 0 Å². The topological polar surface area (TPSA) is 105 Å². The number of carbonyl (C=O) groups excluding carboxylic acids is 2. The molecule has 0 aliphatic heterocycles. The van der Waals surface area contributed by atoms with Crippen LogP contribution in [0.1, 0.15) is 33.8 Å². The Labute approximate surface area is 200 Å². The van der Waals surface area contributed by atoms with Crippen LogP contribution in [0.4, 0.5) is 14.9 Å². The van der Waals surface area contributed by atoms with Gasteiger partial charge in [-0.1, -0.05) is 48.5 Å². The Balaban J connectivity index is 1.41. The maximum atomic E-state index is 13.9. The van der Waals surface area contributed by atoms with E-state index in [9.17, 15) is 18.8 Å². The molecule has 35 heavy (non-hydrogen) atoms. The van der Waals surface area contributed by atoms with Crippen LogP contribution in [-0.2, 0) is 9.53 Å². The second-order valence-corrected chi connectivity index (χ2v) is 7.92. The first kappa shape index (κ1) is 23.5. The lowest BCUT2D eigenvalue weighted by Crippen LogP contribution is -2.44. The fourth-order valence-electron chi connectivity index (χ4n) is 4.11. The number of alkyl carbamates (subject to hydrolysis) is 1. The van der Waals surface area contributed by atoms with Crippen molar-refractivity contribution in [1.82, 2.24) is 5.32 Å². The predicted molar refractivity (Wildman–Crippen MR) is 127 cm³/mol. The van der Waals surface area contributed by atoms with Crippen molar-refractivity contribution in [2.24, 2.45) is 0 Å². The Hall–Kier alpha value is -4.64. The fraction of sp³-hybridized carbons (Fsp3) is 0.148. The second-order valence-electron chi connectivity index (χ2n) is 7.92. The van der Waals surface area contributed by atoms with Crippen LogP contribution in [0, 0.1) is 18.2 Å². The van der Waals surface area contributed by atoms with Crippen LogP contribution in [0.2, 0.25) is 0 Å². The number of anilines is 1. The highest BCUT2D eigenvalue weighted by Crippen LogP contribution is 2.44. The Bertz CT molecular complexity index is 1300. The van der Waals surface area contributed by atoms with E-state index in [-0.39, 0.29) is 24.6 Å². The van der Waals surface area contributed by atoms with Crippen molar-refractivity contribution in [3.05, 3.63) is 89.2 Å². The first-order valence-corrected chi connectivity index (χ1v) is 10.8. The highest BCUT2D eigenvalue weighted by atomic mass is 19.1. The molecule has 3 aromatic carbocycles. The minimum Gasteiger partial charge on any atom is -0.478 e. The molecule has 2 amide bonds. The highest BCUT2D eigenvalue weighted by molar-refractivity contribution is 5.97. The van der Waals surface area contributed by atoms with E-state index in [0.717, 1.165) is 34.4 Å². The van der Waals surface area contributed by atoms with Gasteiger partial charge < -0.3 is 20.5 Å². The van der Waals surface area contributed by atoms with E-state index in [1.807, 2.05) is 48.5 Å². The number of carboxylic acid groups (broad SMARTS) is 1. The molecule has 0 bridgehead atoms. The molecule has 7 nitrogen and oxygen atoms in total. The summed E-state index contributed by atoms with van der Waals surface area (Å²) in [6.07, 6.45) is 4.39. The number of ether oxygens (including phenoxy) is 1. The second kappa shape index (κ2) is 10.1. The normalized spacial score (nSPS) is 12.6. The number of carboxylic acids is 1. The van der Waals surface area contributed by atoms with Crippen molar-refractivity contribution in [2.75, 3.05) is 11.9 Å². The molecular weight excluding hydrogens is 451 g/mol. The van der Waals surface area contributed by atoms with E-state index in [2.05, 4.69) is 16.6 Å². The molecule has 1 unspecified atom stereocenters. The summed E-state index contributed by atoms with van der Waals surface area (Å²) in [6.45, 7) is 0.0616. The van der Waals surface area contributed by atoms with E-state index in [1.165, 1.54) is 6.07 Å². The van der Waals surface area contributed by atoms with E-state index in [4.69, 9.17) is 16.3 Å². The number of terminal acetylenes is 1. The zero-order valence-electron chi connectivity index (χ0n) is 18.5. The SMILES string of the molecule is C#CCC(NC(=O)OCC1c2ccccc2-c2ccccc21)C(=O)Nc1ccc(C(=O)O)c(F)c1. The van der Waals surface area contributed by atoms with E-state index in [0.29, 0.717) is 0 Å². The molecule has 3 N–H and O–H groups in total. The molecule has 8 heteroatoms. The Kier molecular flexibility index (Phi) is 6.78. The zero-order valence-corrected chi connectivity index (χ0v) is 18.5. The molecule has 0 radical (unpaired) electrons. The summed E-state index contributed by atoms with van der Waals surface area (Å²) >= 11 is 0. The number of benzene rings is 3. The average Bonchev–Trinajstić information content (AvgIpc) is 3.16. The third-order valence-electron chi connectivity index (χ3n) is 5.74. The van der Waals surface area contributed by atoms with Gasteiger partial charge in [-0.05, 0) is 40.5 Å². The maximum absolute atomic E-state index is 13.9. The third kappa shape index (κ3) is 4.99. The van der Waals surface area contributed by atoms with Gasteiger partial charge in [0.25, 0.3) is 0 Å². The fourth-order valence-corrected chi connectivity index (χ4v) is 4.11. The number of amides is 2. The van der Waals surface area contributed by atoms with Gasteiger partial charge in [-0.2, -0.15) is 0 Å². The smallest absolute Gasteiger partial charge is 0.407 e. The van der Waals surface area contributed by atoms with Crippen molar-refractivity contribution >= 4 is 23.7 Å². The summed E-state index contributed by atoms with van der Waals surface area (Å²) in [6, 6.07) is 17.8. The first-order chi connectivity index (χ1) is 16.9. The van der Waals surface area contributed by atoms with Crippen LogP contribution in [0.5, 0.6) is 0 Å². The Morgan fingerprint density at radius 1 is 1.03 bits per heavy atom. The van der Waals surface area contributed by atoms with Gasteiger partial charge >= 0.3 is 12.1 Å². The molecule has 0 saturated carbocycles. The quantitative estimate of drug-likeness (QED) is 0.443. The number of aromatic carboxylic acids is 1. The third-order valence-corrected chi connectivity index (χ3v) is 5.74. The van der Waals surface area contributed by atoms with Crippen molar-refractivity contribution in [3.8, 4) is 23.5 Å².